The molecule has 14 heavy (non-hydrogen) atoms. The van der Waals surface area contributed by atoms with Crippen LogP contribution >= 0.6 is 7.60 Å². The molecule has 0 aromatic heterocycles. The van der Waals surface area contributed by atoms with Gasteiger partial charge in [0.1, 0.15) is 18.0 Å². The molecule has 0 amide bonds. The summed E-state index contributed by atoms with van der Waals surface area (Å²) in [5, 5.41) is 0. The number of esters is 1. The van der Waals surface area contributed by atoms with E-state index >= 15 is 0 Å². The maximum Gasteiger partial charge on any atom is 0.332 e. The summed E-state index contributed by atoms with van der Waals surface area (Å²) in [6, 6.07) is -1.17. The summed E-state index contributed by atoms with van der Waals surface area (Å²) >= 11 is 0. The number of ketones is 1. The van der Waals surface area contributed by atoms with Crippen LogP contribution in [0.2, 0.25) is 0 Å². The summed E-state index contributed by atoms with van der Waals surface area (Å²) in [5.41, 5.74) is 5.20. The maximum absolute atomic E-state index is 10.9. The van der Waals surface area contributed by atoms with Crippen molar-refractivity contribution in [2.45, 2.75) is 12.5 Å². The molecular formula is C6H12NO6P. The molecule has 8 heteroatoms. The molecule has 0 aliphatic heterocycles. The van der Waals surface area contributed by atoms with Gasteiger partial charge in [0.15, 0.2) is 0 Å². The van der Waals surface area contributed by atoms with Crippen LogP contribution in [0.5, 0.6) is 0 Å². The molecule has 0 bridgehead atoms. The zero-order valence-electron chi connectivity index (χ0n) is 7.54. The van der Waals surface area contributed by atoms with E-state index in [2.05, 4.69) is 4.74 Å². The molecule has 0 aromatic rings. The second-order valence-electron chi connectivity index (χ2n) is 2.70. The Labute approximate surface area is 80.4 Å². The minimum Gasteiger partial charge on any atom is -0.468 e. The molecule has 0 aliphatic carbocycles. The number of rotatable bonds is 5. The first-order chi connectivity index (χ1) is 6.26. The third kappa shape index (κ3) is 5.82. The second-order valence-corrected chi connectivity index (χ2v) is 4.34. The lowest BCUT2D eigenvalue weighted by atomic mass is 10.2. The summed E-state index contributed by atoms with van der Waals surface area (Å²) in [5.74, 6) is -1.56. The molecule has 82 valence electrons. The monoisotopic (exact) mass is 225 g/mol. The Balaban J connectivity index is 4.08. The van der Waals surface area contributed by atoms with Crippen LogP contribution in [0.1, 0.15) is 6.42 Å². The summed E-state index contributed by atoms with van der Waals surface area (Å²) in [6.07, 6.45) is -1.34. The normalized spacial score (nSPS) is 13.4. The summed E-state index contributed by atoms with van der Waals surface area (Å²) in [6.45, 7) is 0. The SMILES string of the molecule is COC(=O)[C@H](N)CC(=O)CP(=O)(O)O. The Morgan fingerprint density at radius 3 is 2.36 bits per heavy atom. The van der Waals surface area contributed by atoms with Crippen LogP contribution < -0.4 is 5.73 Å². The fourth-order valence-electron chi connectivity index (χ4n) is 0.774. The van der Waals surface area contributed by atoms with Crippen molar-refractivity contribution in [3.63, 3.8) is 0 Å². The minimum atomic E-state index is -4.37. The van der Waals surface area contributed by atoms with Crippen LogP contribution in [0, 0.1) is 0 Å². The van der Waals surface area contributed by atoms with Crippen molar-refractivity contribution in [1.82, 2.24) is 0 Å². The van der Waals surface area contributed by atoms with Gasteiger partial charge in [-0.3, -0.25) is 14.2 Å². The Kier molecular flexibility index (Phi) is 4.93. The average Bonchev–Trinajstić information content (AvgIpc) is 1.99. The first-order valence-corrected chi connectivity index (χ1v) is 5.45. The number of methoxy groups -OCH3 is 1. The molecular weight excluding hydrogens is 213 g/mol. The van der Waals surface area contributed by atoms with E-state index in [9.17, 15) is 14.2 Å². The highest BCUT2D eigenvalue weighted by atomic mass is 31.2. The lowest BCUT2D eigenvalue weighted by Gasteiger charge is -2.08. The lowest BCUT2D eigenvalue weighted by molar-refractivity contribution is -0.143. The van der Waals surface area contributed by atoms with Gasteiger partial charge in [-0.05, 0) is 0 Å². The largest absolute Gasteiger partial charge is 0.468 e. The van der Waals surface area contributed by atoms with Crippen molar-refractivity contribution < 1.29 is 28.7 Å². The van der Waals surface area contributed by atoms with Crippen LogP contribution in [-0.2, 0) is 18.9 Å². The summed E-state index contributed by atoms with van der Waals surface area (Å²) < 4.78 is 14.6. The van der Waals surface area contributed by atoms with E-state index in [0.717, 1.165) is 7.11 Å². The number of ether oxygens (including phenoxy) is 1. The number of carbonyl (C=O) groups excluding carboxylic acids is 2. The molecule has 0 fully saturated rings. The predicted octanol–water partition coefficient (Wildman–Crippen LogP) is -1.38. The molecule has 0 heterocycles. The van der Waals surface area contributed by atoms with Crippen molar-refractivity contribution in [1.29, 1.82) is 0 Å². The van der Waals surface area contributed by atoms with Gasteiger partial charge in [-0.25, -0.2) is 0 Å². The smallest absolute Gasteiger partial charge is 0.332 e. The molecule has 4 N–H and O–H groups in total. The van der Waals surface area contributed by atoms with E-state index in [1.54, 1.807) is 0 Å². The van der Waals surface area contributed by atoms with E-state index in [1.165, 1.54) is 0 Å². The van der Waals surface area contributed by atoms with Crippen molar-refractivity contribution in [2.75, 3.05) is 13.3 Å². The average molecular weight is 225 g/mol. The Bertz CT molecular complexity index is 271. The van der Waals surface area contributed by atoms with Crippen molar-refractivity contribution >= 4 is 19.3 Å². The van der Waals surface area contributed by atoms with Gasteiger partial charge in [0.2, 0.25) is 0 Å². The van der Waals surface area contributed by atoms with E-state index in [-0.39, 0.29) is 0 Å². The van der Waals surface area contributed by atoms with E-state index in [4.69, 9.17) is 15.5 Å². The van der Waals surface area contributed by atoms with Crippen LogP contribution in [0.3, 0.4) is 0 Å². The van der Waals surface area contributed by atoms with Gasteiger partial charge in [-0.15, -0.1) is 0 Å². The molecule has 0 aliphatic rings. The van der Waals surface area contributed by atoms with Crippen LogP contribution in [-0.4, -0.2) is 40.9 Å². The van der Waals surface area contributed by atoms with E-state index < -0.39 is 38.0 Å². The van der Waals surface area contributed by atoms with E-state index in [1.807, 2.05) is 0 Å². The number of nitrogens with two attached hydrogens (primary N) is 1. The van der Waals surface area contributed by atoms with Crippen LogP contribution in [0.15, 0.2) is 0 Å². The van der Waals surface area contributed by atoms with Crippen molar-refractivity contribution in [3.05, 3.63) is 0 Å². The zero-order valence-corrected chi connectivity index (χ0v) is 8.44. The Morgan fingerprint density at radius 1 is 1.50 bits per heavy atom. The fraction of sp³-hybridized carbons (Fsp3) is 0.667. The fourth-order valence-corrected chi connectivity index (χ4v) is 1.36. The highest BCUT2D eigenvalue weighted by Crippen LogP contribution is 2.34. The standard InChI is InChI=1S/C6H12NO6P/c1-13-6(9)5(7)2-4(8)3-14(10,11)12/h5H,2-3,7H2,1H3,(H2,10,11,12)/t5-/m1/s1. The highest BCUT2D eigenvalue weighted by Gasteiger charge is 2.23. The zero-order chi connectivity index (χ0) is 11.4. The van der Waals surface area contributed by atoms with Crippen LogP contribution in [0.4, 0.5) is 0 Å². The van der Waals surface area contributed by atoms with Crippen molar-refractivity contribution in [2.24, 2.45) is 5.73 Å². The van der Waals surface area contributed by atoms with Crippen molar-refractivity contribution in [3.8, 4) is 0 Å². The molecule has 7 nitrogen and oxygen atoms in total. The van der Waals surface area contributed by atoms with Gasteiger partial charge in [-0.1, -0.05) is 0 Å². The summed E-state index contributed by atoms with van der Waals surface area (Å²) in [4.78, 5) is 38.5. The first kappa shape index (κ1) is 13.2. The van der Waals surface area contributed by atoms with Gasteiger partial charge < -0.3 is 20.3 Å². The Morgan fingerprint density at radius 2 is 2.00 bits per heavy atom. The van der Waals surface area contributed by atoms with Gasteiger partial charge in [0.25, 0.3) is 0 Å². The molecule has 0 aromatic carbocycles. The highest BCUT2D eigenvalue weighted by molar-refractivity contribution is 7.52. The summed E-state index contributed by atoms with van der Waals surface area (Å²) in [7, 11) is -3.27. The third-order valence-electron chi connectivity index (χ3n) is 1.33. The molecule has 0 saturated carbocycles. The van der Waals surface area contributed by atoms with Crippen LogP contribution in [0.25, 0.3) is 0 Å². The number of hydrogen-bond acceptors (Lipinski definition) is 5. The third-order valence-corrected chi connectivity index (χ3v) is 2.10. The maximum atomic E-state index is 10.9. The van der Waals surface area contributed by atoms with E-state index in [0.29, 0.717) is 0 Å². The first-order valence-electron chi connectivity index (χ1n) is 3.66. The molecule has 0 unspecified atom stereocenters. The number of hydrogen-bond donors (Lipinski definition) is 3. The Hall–Kier alpha value is -0.750. The number of carbonyl (C=O) groups is 2. The van der Waals surface area contributed by atoms with Gasteiger partial charge >= 0.3 is 13.6 Å². The predicted molar refractivity (Wildman–Crippen MR) is 46.5 cm³/mol. The minimum absolute atomic E-state index is 0.433. The number of Topliss-reactive ketones (excluding diaryl/α,β-unsaturated/α-hetero) is 1. The molecule has 0 rings (SSSR count). The lowest BCUT2D eigenvalue weighted by Crippen LogP contribution is -2.34. The topological polar surface area (TPSA) is 127 Å². The van der Waals surface area contributed by atoms with Gasteiger partial charge in [0, 0.05) is 6.42 Å². The molecule has 1 atom stereocenters. The second kappa shape index (κ2) is 5.21. The quantitative estimate of drug-likeness (QED) is 0.388. The molecule has 0 saturated heterocycles. The molecule has 0 radical (unpaired) electrons. The van der Waals surface area contributed by atoms with Gasteiger partial charge in [-0.2, -0.15) is 0 Å². The van der Waals surface area contributed by atoms with Gasteiger partial charge in [0.05, 0.1) is 7.11 Å². The molecule has 0 spiro atoms.